The second-order valence-electron chi connectivity index (χ2n) is 5.50. The molecule has 0 spiro atoms. The lowest BCUT2D eigenvalue weighted by molar-refractivity contribution is 0.110. The van der Waals surface area contributed by atoms with Gasteiger partial charge in [-0.2, -0.15) is 0 Å². The first-order valence-corrected chi connectivity index (χ1v) is 7.38. The molecule has 0 aliphatic carbocycles. The van der Waals surface area contributed by atoms with E-state index in [0.717, 1.165) is 43.2 Å². The van der Waals surface area contributed by atoms with E-state index >= 15 is 0 Å². The van der Waals surface area contributed by atoms with Gasteiger partial charge in [-0.05, 0) is 37.4 Å². The molecule has 22 heavy (non-hydrogen) atoms. The second-order valence-corrected chi connectivity index (χ2v) is 5.50. The van der Waals surface area contributed by atoms with E-state index < -0.39 is 0 Å². The van der Waals surface area contributed by atoms with Crippen molar-refractivity contribution in [1.82, 2.24) is 4.90 Å². The Kier molecular flexibility index (Phi) is 4.15. The number of carbonyl (C=O) groups is 1. The molecular formula is C17H20N2O3. The normalized spacial score (nSPS) is 15.8. The van der Waals surface area contributed by atoms with Gasteiger partial charge in [0.2, 0.25) is 0 Å². The summed E-state index contributed by atoms with van der Waals surface area (Å²) in [5.41, 5.74) is 2.00. The molecule has 0 atom stereocenters. The number of ether oxygens (including phenoxy) is 1. The third-order valence-corrected chi connectivity index (χ3v) is 4.05. The summed E-state index contributed by atoms with van der Waals surface area (Å²) in [6, 6.07) is 9.49. The number of anilines is 1. The minimum absolute atomic E-state index is 0.331. The lowest BCUT2D eigenvalue weighted by Gasteiger charge is -2.34. The Hall–Kier alpha value is -2.27. The summed E-state index contributed by atoms with van der Waals surface area (Å²) < 4.78 is 11.0. The van der Waals surface area contributed by atoms with Crippen LogP contribution in [0.25, 0.3) is 11.3 Å². The van der Waals surface area contributed by atoms with Crippen LogP contribution in [0.3, 0.4) is 0 Å². The predicted molar refractivity (Wildman–Crippen MR) is 85.8 cm³/mol. The van der Waals surface area contributed by atoms with Gasteiger partial charge in [0.1, 0.15) is 11.5 Å². The molecule has 0 unspecified atom stereocenters. The quantitative estimate of drug-likeness (QED) is 0.812. The average molecular weight is 300 g/mol. The van der Waals surface area contributed by atoms with Crippen molar-refractivity contribution in [2.45, 2.75) is 0 Å². The van der Waals surface area contributed by atoms with E-state index in [9.17, 15) is 4.79 Å². The summed E-state index contributed by atoms with van der Waals surface area (Å²) in [6.07, 6.45) is 0.708. The molecule has 0 radical (unpaired) electrons. The first kappa shape index (κ1) is 14.7. The number of aldehydes is 1. The van der Waals surface area contributed by atoms with E-state index in [2.05, 4.69) is 22.9 Å². The minimum atomic E-state index is 0.331. The Morgan fingerprint density at radius 1 is 1.14 bits per heavy atom. The average Bonchev–Trinajstić information content (AvgIpc) is 3.04. The van der Waals surface area contributed by atoms with Crippen LogP contribution in [0.5, 0.6) is 5.75 Å². The van der Waals surface area contributed by atoms with E-state index in [4.69, 9.17) is 9.15 Å². The van der Waals surface area contributed by atoms with Crippen molar-refractivity contribution in [3.8, 4) is 17.1 Å². The van der Waals surface area contributed by atoms with Crippen LogP contribution in [0.4, 0.5) is 5.69 Å². The summed E-state index contributed by atoms with van der Waals surface area (Å²) in [5, 5.41) is 0. The summed E-state index contributed by atoms with van der Waals surface area (Å²) in [6.45, 7) is 4.07. The summed E-state index contributed by atoms with van der Waals surface area (Å²) in [7, 11) is 3.82. The zero-order chi connectivity index (χ0) is 15.5. The zero-order valence-corrected chi connectivity index (χ0v) is 12.9. The van der Waals surface area contributed by atoms with Gasteiger partial charge in [0.15, 0.2) is 12.0 Å². The molecule has 0 bridgehead atoms. The monoisotopic (exact) mass is 300 g/mol. The number of carbonyl (C=O) groups excluding carboxylic acids is 1. The van der Waals surface area contributed by atoms with Crippen molar-refractivity contribution in [1.29, 1.82) is 0 Å². The minimum Gasteiger partial charge on any atom is -0.495 e. The van der Waals surface area contributed by atoms with Crippen molar-refractivity contribution in [3.63, 3.8) is 0 Å². The van der Waals surface area contributed by atoms with Crippen LogP contribution in [-0.4, -0.2) is 51.5 Å². The molecule has 3 rings (SSSR count). The molecule has 0 amide bonds. The second kappa shape index (κ2) is 6.23. The number of rotatable bonds is 4. The number of piperazine rings is 1. The van der Waals surface area contributed by atoms with Crippen molar-refractivity contribution in [3.05, 3.63) is 36.1 Å². The van der Waals surface area contributed by atoms with Crippen LogP contribution in [0.15, 0.2) is 34.7 Å². The Bertz CT molecular complexity index is 658. The maximum Gasteiger partial charge on any atom is 0.185 e. The van der Waals surface area contributed by atoms with E-state index in [1.807, 2.05) is 12.1 Å². The fourth-order valence-electron chi connectivity index (χ4n) is 2.71. The molecule has 0 N–H and O–H groups in total. The van der Waals surface area contributed by atoms with Crippen LogP contribution >= 0.6 is 0 Å². The standard InChI is InChI=1S/C17H20N2O3/c1-18-7-9-19(10-8-18)15-5-3-13(11-17(15)21-2)16-6-4-14(12-20)22-16/h3-6,11-12H,7-10H2,1-2H3. The van der Waals surface area contributed by atoms with Crippen molar-refractivity contribution >= 4 is 12.0 Å². The number of likely N-dealkylation sites (N-methyl/N-ethyl adjacent to an activating group) is 1. The maximum absolute atomic E-state index is 10.7. The molecule has 1 aromatic carbocycles. The van der Waals surface area contributed by atoms with Crippen molar-refractivity contribution < 1.29 is 13.9 Å². The molecule has 2 heterocycles. The van der Waals surface area contributed by atoms with Crippen LogP contribution in [0.1, 0.15) is 10.6 Å². The highest BCUT2D eigenvalue weighted by molar-refractivity contribution is 5.74. The zero-order valence-electron chi connectivity index (χ0n) is 12.9. The highest BCUT2D eigenvalue weighted by Crippen LogP contribution is 2.34. The molecule has 5 nitrogen and oxygen atoms in total. The van der Waals surface area contributed by atoms with Gasteiger partial charge < -0.3 is 19.0 Å². The maximum atomic E-state index is 10.7. The predicted octanol–water partition coefficient (Wildman–Crippen LogP) is 2.52. The van der Waals surface area contributed by atoms with E-state index in [-0.39, 0.29) is 0 Å². The molecule has 1 aromatic heterocycles. The van der Waals surface area contributed by atoms with Crippen LogP contribution < -0.4 is 9.64 Å². The van der Waals surface area contributed by atoms with Gasteiger partial charge in [0.25, 0.3) is 0 Å². The van der Waals surface area contributed by atoms with Crippen LogP contribution in [0.2, 0.25) is 0 Å². The van der Waals surface area contributed by atoms with Gasteiger partial charge in [-0.1, -0.05) is 0 Å². The Labute approximate surface area is 130 Å². The number of methoxy groups -OCH3 is 1. The molecule has 2 aromatic rings. The Balaban J connectivity index is 1.88. The summed E-state index contributed by atoms with van der Waals surface area (Å²) in [5.74, 6) is 1.83. The smallest absolute Gasteiger partial charge is 0.185 e. The SMILES string of the molecule is COc1cc(-c2ccc(C=O)o2)ccc1N1CCN(C)CC1. The van der Waals surface area contributed by atoms with E-state index in [1.54, 1.807) is 19.2 Å². The Morgan fingerprint density at radius 2 is 1.91 bits per heavy atom. The highest BCUT2D eigenvalue weighted by Gasteiger charge is 2.18. The number of nitrogens with zero attached hydrogens (tertiary/aromatic N) is 2. The van der Waals surface area contributed by atoms with Gasteiger partial charge in [0, 0.05) is 31.7 Å². The topological polar surface area (TPSA) is 45.9 Å². The lowest BCUT2D eigenvalue weighted by Crippen LogP contribution is -2.44. The largest absolute Gasteiger partial charge is 0.495 e. The molecule has 1 saturated heterocycles. The third-order valence-electron chi connectivity index (χ3n) is 4.05. The fourth-order valence-corrected chi connectivity index (χ4v) is 2.71. The molecule has 116 valence electrons. The number of furan rings is 1. The van der Waals surface area contributed by atoms with Gasteiger partial charge in [0.05, 0.1) is 12.8 Å². The van der Waals surface area contributed by atoms with Gasteiger partial charge in [-0.15, -0.1) is 0 Å². The Morgan fingerprint density at radius 3 is 2.55 bits per heavy atom. The number of benzene rings is 1. The first-order valence-electron chi connectivity index (χ1n) is 7.38. The molecular weight excluding hydrogens is 280 g/mol. The molecule has 1 fully saturated rings. The van der Waals surface area contributed by atoms with Crippen LogP contribution in [0, 0.1) is 0 Å². The highest BCUT2D eigenvalue weighted by atomic mass is 16.5. The van der Waals surface area contributed by atoms with Gasteiger partial charge >= 0.3 is 0 Å². The van der Waals surface area contributed by atoms with E-state index in [1.165, 1.54) is 0 Å². The number of hydrogen-bond donors (Lipinski definition) is 0. The summed E-state index contributed by atoms with van der Waals surface area (Å²) >= 11 is 0. The van der Waals surface area contributed by atoms with Crippen molar-refractivity contribution in [2.24, 2.45) is 0 Å². The molecule has 1 aliphatic heterocycles. The molecule has 1 aliphatic rings. The van der Waals surface area contributed by atoms with Crippen molar-refractivity contribution in [2.75, 3.05) is 45.2 Å². The fraction of sp³-hybridized carbons (Fsp3) is 0.353. The summed E-state index contributed by atoms with van der Waals surface area (Å²) in [4.78, 5) is 15.4. The van der Waals surface area contributed by atoms with E-state index in [0.29, 0.717) is 17.8 Å². The first-order chi connectivity index (χ1) is 10.7. The van der Waals surface area contributed by atoms with Gasteiger partial charge in [-0.3, -0.25) is 4.79 Å². The molecule has 5 heteroatoms. The third kappa shape index (κ3) is 2.85. The van der Waals surface area contributed by atoms with Crippen LogP contribution in [-0.2, 0) is 0 Å². The lowest BCUT2D eigenvalue weighted by atomic mass is 10.1. The number of hydrogen-bond acceptors (Lipinski definition) is 5. The molecule has 0 saturated carbocycles. The van der Waals surface area contributed by atoms with Gasteiger partial charge in [-0.25, -0.2) is 0 Å².